The normalized spacial score (nSPS) is 16.9. The molecule has 29 heavy (non-hydrogen) atoms. The molecule has 0 bridgehead atoms. The number of amides is 2. The highest BCUT2D eigenvalue weighted by Crippen LogP contribution is 2.20. The average molecular weight is 403 g/mol. The van der Waals surface area contributed by atoms with Crippen molar-refractivity contribution in [3.05, 3.63) is 41.6 Å². The second-order valence-electron chi connectivity index (χ2n) is 7.57. The maximum absolute atomic E-state index is 13.9. The molecule has 3 rings (SSSR count). The van der Waals surface area contributed by atoms with Crippen LogP contribution in [-0.2, 0) is 11.2 Å². The molecule has 2 aromatic heterocycles. The Morgan fingerprint density at radius 1 is 1.41 bits per heavy atom. The fraction of sp³-hybridized carbons (Fsp3) is 0.550. The lowest BCUT2D eigenvalue weighted by atomic mass is 10.0. The molecule has 3 heterocycles. The molecule has 1 aliphatic heterocycles. The summed E-state index contributed by atoms with van der Waals surface area (Å²) < 4.78 is 19.2. The lowest BCUT2D eigenvalue weighted by molar-refractivity contribution is -0.132. The van der Waals surface area contributed by atoms with Gasteiger partial charge in [-0.25, -0.2) is 4.39 Å². The van der Waals surface area contributed by atoms with Gasteiger partial charge in [-0.2, -0.15) is 4.98 Å². The SMILES string of the molecule is CC(=O)N(CCc1noc(C(C)C)n1)C1CCCN(C(=O)c2ccncc2F)C1. The Bertz CT molecular complexity index is 869. The number of piperidine rings is 1. The van der Waals surface area contributed by atoms with Crippen LogP contribution in [0.4, 0.5) is 4.39 Å². The number of hydrogen-bond donors (Lipinski definition) is 0. The Labute approximate surface area is 169 Å². The summed E-state index contributed by atoms with van der Waals surface area (Å²) in [5.74, 6) is 0.184. The Kier molecular flexibility index (Phi) is 6.56. The largest absolute Gasteiger partial charge is 0.339 e. The lowest BCUT2D eigenvalue weighted by Crippen LogP contribution is -2.51. The van der Waals surface area contributed by atoms with Gasteiger partial charge in [0, 0.05) is 51.1 Å². The zero-order chi connectivity index (χ0) is 21.0. The van der Waals surface area contributed by atoms with Crippen LogP contribution in [0.3, 0.4) is 0 Å². The zero-order valence-corrected chi connectivity index (χ0v) is 17.0. The van der Waals surface area contributed by atoms with Gasteiger partial charge in [-0.15, -0.1) is 0 Å². The van der Waals surface area contributed by atoms with E-state index in [1.54, 1.807) is 9.80 Å². The number of hydrogen-bond acceptors (Lipinski definition) is 6. The van der Waals surface area contributed by atoms with Gasteiger partial charge in [0.1, 0.15) is 0 Å². The monoisotopic (exact) mass is 403 g/mol. The van der Waals surface area contributed by atoms with E-state index in [1.807, 2.05) is 13.8 Å². The van der Waals surface area contributed by atoms with E-state index in [9.17, 15) is 14.0 Å². The molecule has 1 unspecified atom stereocenters. The van der Waals surface area contributed by atoms with Crippen molar-refractivity contribution in [2.24, 2.45) is 0 Å². The predicted molar refractivity (Wildman–Crippen MR) is 103 cm³/mol. The van der Waals surface area contributed by atoms with Crippen LogP contribution in [0.1, 0.15) is 61.6 Å². The number of pyridine rings is 1. The number of nitrogens with zero attached hydrogens (tertiary/aromatic N) is 5. The maximum atomic E-state index is 13.9. The number of halogens is 1. The smallest absolute Gasteiger partial charge is 0.257 e. The maximum Gasteiger partial charge on any atom is 0.257 e. The number of rotatable bonds is 6. The van der Waals surface area contributed by atoms with Crippen molar-refractivity contribution in [1.82, 2.24) is 24.9 Å². The Morgan fingerprint density at radius 3 is 2.86 bits per heavy atom. The molecule has 2 aromatic rings. The van der Waals surface area contributed by atoms with E-state index < -0.39 is 5.82 Å². The van der Waals surface area contributed by atoms with E-state index in [2.05, 4.69) is 15.1 Å². The van der Waals surface area contributed by atoms with Gasteiger partial charge in [0.2, 0.25) is 11.8 Å². The number of carbonyl (C=O) groups is 2. The minimum Gasteiger partial charge on any atom is -0.339 e. The predicted octanol–water partition coefficient (Wildman–Crippen LogP) is 2.42. The lowest BCUT2D eigenvalue weighted by Gasteiger charge is -2.39. The van der Waals surface area contributed by atoms with Crippen molar-refractivity contribution in [3.63, 3.8) is 0 Å². The van der Waals surface area contributed by atoms with Gasteiger partial charge in [0.05, 0.1) is 11.8 Å². The van der Waals surface area contributed by atoms with E-state index in [1.165, 1.54) is 19.2 Å². The molecule has 1 aliphatic rings. The molecule has 0 aromatic carbocycles. The number of likely N-dealkylation sites (tertiary alicyclic amines) is 1. The first kappa shape index (κ1) is 20.9. The third kappa shape index (κ3) is 4.96. The molecule has 2 amide bonds. The first-order valence-corrected chi connectivity index (χ1v) is 9.85. The molecule has 8 nitrogen and oxygen atoms in total. The molecule has 0 aliphatic carbocycles. The van der Waals surface area contributed by atoms with Crippen LogP contribution in [0.5, 0.6) is 0 Å². The minimum absolute atomic E-state index is 0.00281. The van der Waals surface area contributed by atoms with Crippen molar-refractivity contribution in [2.45, 2.75) is 52.0 Å². The Hall–Kier alpha value is -2.84. The van der Waals surface area contributed by atoms with Gasteiger partial charge in [-0.05, 0) is 18.9 Å². The van der Waals surface area contributed by atoms with Gasteiger partial charge in [0.25, 0.3) is 5.91 Å². The van der Waals surface area contributed by atoms with Crippen LogP contribution in [0.15, 0.2) is 23.0 Å². The van der Waals surface area contributed by atoms with Crippen LogP contribution in [0, 0.1) is 5.82 Å². The summed E-state index contributed by atoms with van der Waals surface area (Å²) in [4.78, 5) is 36.4. The van der Waals surface area contributed by atoms with E-state index in [0.29, 0.717) is 37.8 Å². The van der Waals surface area contributed by atoms with Gasteiger partial charge >= 0.3 is 0 Å². The summed E-state index contributed by atoms with van der Waals surface area (Å²) in [5, 5.41) is 3.97. The molecule has 156 valence electrons. The highest BCUT2D eigenvalue weighted by atomic mass is 19.1. The van der Waals surface area contributed by atoms with E-state index in [-0.39, 0.29) is 29.3 Å². The molecule has 1 atom stereocenters. The molecule has 0 saturated carbocycles. The third-order valence-corrected chi connectivity index (χ3v) is 5.09. The molecule has 1 saturated heterocycles. The van der Waals surface area contributed by atoms with Gasteiger partial charge in [-0.3, -0.25) is 14.6 Å². The Morgan fingerprint density at radius 2 is 2.21 bits per heavy atom. The van der Waals surface area contributed by atoms with Crippen LogP contribution >= 0.6 is 0 Å². The molecular formula is C20H26FN5O3. The van der Waals surface area contributed by atoms with Crippen LogP contribution in [0.25, 0.3) is 0 Å². The van der Waals surface area contributed by atoms with E-state index in [0.717, 1.165) is 19.0 Å². The van der Waals surface area contributed by atoms with Crippen molar-refractivity contribution in [2.75, 3.05) is 19.6 Å². The second kappa shape index (κ2) is 9.11. The summed E-state index contributed by atoms with van der Waals surface area (Å²) in [6, 6.07) is 1.25. The molecule has 0 spiro atoms. The molecule has 0 radical (unpaired) electrons. The van der Waals surface area contributed by atoms with Crippen LogP contribution in [0.2, 0.25) is 0 Å². The summed E-state index contributed by atoms with van der Waals surface area (Å²) in [5.41, 5.74) is 0.00281. The topological polar surface area (TPSA) is 92.4 Å². The van der Waals surface area contributed by atoms with Crippen molar-refractivity contribution in [3.8, 4) is 0 Å². The summed E-state index contributed by atoms with van der Waals surface area (Å²) in [6.45, 7) is 6.79. The summed E-state index contributed by atoms with van der Waals surface area (Å²) >= 11 is 0. The standard InChI is InChI=1S/C20H26FN5O3/c1-13(2)19-23-18(24-29-19)7-10-26(14(3)27)15-5-4-9-25(12-15)20(28)16-6-8-22-11-17(16)21/h6,8,11,13,15H,4-5,7,9-10,12H2,1-3H3. The fourth-order valence-electron chi connectivity index (χ4n) is 3.53. The summed E-state index contributed by atoms with van der Waals surface area (Å²) in [6.07, 6.45) is 4.43. The highest BCUT2D eigenvalue weighted by molar-refractivity contribution is 5.94. The summed E-state index contributed by atoms with van der Waals surface area (Å²) in [7, 11) is 0. The van der Waals surface area contributed by atoms with Crippen LogP contribution < -0.4 is 0 Å². The second-order valence-corrected chi connectivity index (χ2v) is 7.57. The first-order chi connectivity index (χ1) is 13.9. The third-order valence-electron chi connectivity index (χ3n) is 5.09. The van der Waals surface area contributed by atoms with E-state index in [4.69, 9.17) is 4.52 Å². The van der Waals surface area contributed by atoms with Crippen molar-refractivity contribution >= 4 is 11.8 Å². The average Bonchev–Trinajstić information content (AvgIpc) is 3.17. The van der Waals surface area contributed by atoms with E-state index >= 15 is 0 Å². The number of aromatic nitrogens is 3. The Balaban J connectivity index is 1.66. The quantitative estimate of drug-likeness (QED) is 0.736. The molecule has 0 N–H and O–H groups in total. The van der Waals surface area contributed by atoms with Gasteiger partial charge in [0.15, 0.2) is 11.6 Å². The van der Waals surface area contributed by atoms with Gasteiger partial charge < -0.3 is 14.3 Å². The van der Waals surface area contributed by atoms with Gasteiger partial charge in [-0.1, -0.05) is 19.0 Å². The fourth-order valence-corrected chi connectivity index (χ4v) is 3.53. The number of carbonyl (C=O) groups excluding carboxylic acids is 2. The van der Waals surface area contributed by atoms with Crippen LogP contribution in [-0.4, -0.2) is 62.4 Å². The molecular weight excluding hydrogens is 377 g/mol. The van der Waals surface area contributed by atoms with Crippen molar-refractivity contribution in [1.29, 1.82) is 0 Å². The van der Waals surface area contributed by atoms with Crippen molar-refractivity contribution < 1.29 is 18.5 Å². The zero-order valence-electron chi connectivity index (χ0n) is 17.0. The first-order valence-electron chi connectivity index (χ1n) is 9.85. The minimum atomic E-state index is -0.638. The molecule has 1 fully saturated rings. The highest BCUT2D eigenvalue weighted by Gasteiger charge is 2.30. The molecule has 9 heteroatoms.